The molecule has 0 heterocycles. The summed E-state index contributed by atoms with van der Waals surface area (Å²) < 4.78 is 26.4. The predicted molar refractivity (Wildman–Crippen MR) is 133 cm³/mol. The van der Waals surface area contributed by atoms with Crippen molar-refractivity contribution in [1.29, 1.82) is 0 Å². The molecular weight excluding hydrogens is 438 g/mol. The Hall–Kier alpha value is -2.87. The number of hydrogen-bond donors (Lipinski definition) is 1. The number of rotatable bonds is 9. The first kappa shape index (κ1) is 26.4. The molecule has 0 aromatic heterocycles. The van der Waals surface area contributed by atoms with Gasteiger partial charge < -0.3 is 10.2 Å². The van der Waals surface area contributed by atoms with Crippen LogP contribution in [0.5, 0.6) is 0 Å². The Morgan fingerprint density at radius 3 is 2.15 bits per heavy atom. The molecule has 0 aliphatic carbocycles. The standard InChI is InChI=1S/C25H35N3O4S/c1-17(2)26-25(30)21(6)27(15-22-10-8-9-18(3)14-22)24(29)16-28(33(7,31)32)23-12-11-19(4)13-20(23)5/h8-14,17,21H,15-16H2,1-7H3,(H,26,30)/t21-/m0/s1. The highest BCUT2D eigenvalue weighted by Gasteiger charge is 2.30. The summed E-state index contributed by atoms with van der Waals surface area (Å²) >= 11 is 0. The second-order valence-electron chi connectivity index (χ2n) is 8.91. The average molecular weight is 474 g/mol. The first-order valence-corrected chi connectivity index (χ1v) is 12.8. The van der Waals surface area contributed by atoms with Crippen LogP contribution < -0.4 is 9.62 Å². The fraction of sp³-hybridized carbons (Fsp3) is 0.440. The second kappa shape index (κ2) is 10.8. The van der Waals surface area contributed by atoms with Crippen LogP contribution in [-0.2, 0) is 26.2 Å². The van der Waals surface area contributed by atoms with Crippen molar-refractivity contribution >= 4 is 27.5 Å². The Labute approximate surface area is 197 Å². The van der Waals surface area contributed by atoms with Crippen LogP contribution >= 0.6 is 0 Å². The fourth-order valence-corrected chi connectivity index (χ4v) is 4.58. The number of amides is 2. The van der Waals surface area contributed by atoms with Gasteiger partial charge in [0.25, 0.3) is 0 Å². The molecular formula is C25H35N3O4S. The van der Waals surface area contributed by atoms with Gasteiger partial charge in [-0.1, -0.05) is 47.5 Å². The molecule has 1 atom stereocenters. The Bertz CT molecular complexity index is 1110. The number of carbonyl (C=O) groups is 2. The van der Waals surface area contributed by atoms with Crippen LogP contribution in [0.1, 0.15) is 43.0 Å². The van der Waals surface area contributed by atoms with Crippen molar-refractivity contribution in [3.63, 3.8) is 0 Å². The summed E-state index contributed by atoms with van der Waals surface area (Å²) in [7, 11) is -3.74. The lowest BCUT2D eigenvalue weighted by molar-refractivity contribution is -0.139. The number of anilines is 1. The first-order valence-electron chi connectivity index (χ1n) is 11.0. The van der Waals surface area contributed by atoms with E-state index in [1.54, 1.807) is 13.0 Å². The Kier molecular flexibility index (Phi) is 8.66. The molecule has 33 heavy (non-hydrogen) atoms. The molecule has 1 N–H and O–H groups in total. The molecule has 0 bridgehead atoms. The molecule has 2 rings (SSSR count). The summed E-state index contributed by atoms with van der Waals surface area (Å²) in [5.74, 6) is -0.739. The SMILES string of the molecule is Cc1cccc(CN(C(=O)CN(c2ccc(C)cc2C)S(C)(=O)=O)[C@@H](C)C(=O)NC(C)C)c1. The van der Waals surface area contributed by atoms with Crippen LogP contribution in [0.2, 0.25) is 0 Å². The van der Waals surface area contributed by atoms with Gasteiger partial charge in [-0.2, -0.15) is 0 Å². The Morgan fingerprint density at radius 1 is 0.970 bits per heavy atom. The molecule has 8 heteroatoms. The molecule has 0 aliphatic heterocycles. The lowest BCUT2D eigenvalue weighted by Gasteiger charge is -2.32. The zero-order valence-corrected chi connectivity index (χ0v) is 21.4. The lowest BCUT2D eigenvalue weighted by atomic mass is 10.1. The van der Waals surface area contributed by atoms with E-state index in [0.717, 1.165) is 32.8 Å². The molecule has 0 spiro atoms. The highest BCUT2D eigenvalue weighted by atomic mass is 32.2. The van der Waals surface area contributed by atoms with Crippen molar-refractivity contribution in [2.24, 2.45) is 0 Å². The van der Waals surface area contributed by atoms with E-state index in [2.05, 4.69) is 5.32 Å². The second-order valence-corrected chi connectivity index (χ2v) is 10.8. The maximum absolute atomic E-state index is 13.5. The molecule has 0 saturated carbocycles. The van der Waals surface area contributed by atoms with E-state index < -0.39 is 28.5 Å². The van der Waals surface area contributed by atoms with Crippen molar-refractivity contribution in [2.75, 3.05) is 17.1 Å². The van der Waals surface area contributed by atoms with Crippen molar-refractivity contribution in [3.8, 4) is 0 Å². The van der Waals surface area contributed by atoms with Gasteiger partial charge in [0, 0.05) is 12.6 Å². The molecule has 0 radical (unpaired) electrons. The molecule has 7 nitrogen and oxygen atoms in total. The maximum atomic E-state index is 13.5. The largest absolute Gasteiger partial charge is 0.352 e. The van der Waals surface area contributed by atoms with E-state index in [1.807, 2.05) is 71.0 Å². The topological polar surface area (TPSA) is 86.8 Å². The first-order chi connectivity index (χ1) is 15.3. The van der Waals surface area contributed by atoms with Crippen LogP contribution in [0.4, 0.5) is 5.69 Å². The van der Waals surface area contributed by atoms with Gasteiger partial charge in [0.2, 0.25) is 21.8 Å². The quantitative estimate of drug-likeness (QED) is 0.605. The number of aryl methyl sites for hydroxylation is 3. The monoisotopic (exact) mass is 473 g/mol. The third kappa shape index (κ3) is 7.32. The average Bonchev–Trinajstić information content (AvgIpc) is 2.69. The molecule has 0 unspecified atom stereocenters. The van der Waals surface area contributed by atoms with E-state index in [9.17, 15) is 18.0 Å². The van der Waals surface area contributed by atoms with Gasteiger partial charge in [0.1, 0.15) is 12.6 Å². The molecule has 0 fully saturated rings. The van der Waals surface area contributed by atoms with Crippen LogP contribution in [0, 0.1) is 20.8 Å². The van der Waals surface area contributed by atoms with Crippen molar-refractivity contribution in [1.82, 2.24) is 10.2 Å². The number of nitrogens with one attached hydrogen (secondary N) is 1. The van der Waals surface area contributed by atoms with E-state index >= 15 is 0 Å². The third-order valence-electron chi connectivity index (χ3n) is 5.33. The lowest BCUT2D eigenvalue weighted by Crippen LogP contribution is -2.52. The van der Waals surface area contributed by atoms with Gasteiger partial charge in [0.15, 0.2) is 0 Å². The summed E-state index contributed by atoms with van der Waals surface area (Å²) in [6.45, 7) is 10.8. The summed E-state index contributed by atoms with van der Waals surface area (Å²) in [6.07, 6.45) is 1.08. The minimum absolute atomic E-state index is 0.0846. The molecule has 180 valence electrons. The van der Waals surface area contributed by atoms with Crippen molar-refractivity contribution in [2.45, 2.75) is 60.2 Å². The van der Waals surface area contributed by atoms with Crippen LogP contribution in [0.15, 0.2) is 42.5 Å². The summed E-state index contributed by atoms with van der Waals surface area (Å²) in [5, 5.41) is 2.84. The predicted octanol–water partition coefficient (Wildman–Crippen LogP) is 3.32. The zero-order valence-electron chi connectivity index (χ0n) is 20.5. The van der Waals surface area contributed by atoms with E-state index in [1.165, 1.54) is 4.90 Å². The number of benzene rings is 2. The van der Waals surface area contributed by atoms with Crippen molar-refractivity contribution < 1.29 is 18.0 Å². The van der Waals surface area contributed by atoms with Crippen molar-refractivity contribution in [3.05, 3.63) is 64.7 Å². The minimum Gasteiger partial charge on any atom is -0.352 e. The minimum atomic E-state index is -3.74. The molecule has 2 aromatic carbocycles. The molecule has 0 aliphatic rings. The summed E-state index contributed by atoms with van der Waals surface area (Å²) in [4.78, 5) is 27.7. The molecule has 0 saturated heterocycles. The summed E-state index contributed by atoms with van der Waals surface area (Å²) in [5.41, 5.74) is 4.10. The van der Waals surface area contributed by atoms with Gasteiger partial charge >= 0.3 is 0 Å². The number of hydrogen-bond acceptors (Lipinski definition) is 4. The number of nitrogens with zero attached hydrogens (tertiary/aromatic N) is 2. The number of carbonyl (C=O) groups excluding carboxylic acids is 2. The van der Waals surface area contributed by atoms with Gasteiger partial charge in [0.05, 0.1) is 11.9 Å². The van der Waals surface area contributed by atoms with Gasteiger partial charge in [-0.25, -0.2) is 8.42 Å². The highest BCUT2D eigenvalue weighted by Crippen LogP contribution is 2.24. The van der Waals surface area contributed by atoms with Crippen LogP contribution in [0.25, 0.3) is 0 Å². The normalized spacial score (nSPS) is 12.4. The van der Waals surface area contributed by atoms with E-state index in [4.69, 9.17) is 0 Å². The smallest absolute Gasteiger partial charge is 0.244 e. The maximum Gasteiger partial charge on any atom is 0.244 e. The van der Waals surface area contributed by atoms with Gasteiger partial charge in [-0.05, 0) is 58.7 Å². The van der Waals surface area contributed by atoms with E-state index in [-0.39, 0.29) is 18.5 Å². The third-order valence-corrected chi connectivity index (χ3v) is 6.46. The van der Waals surface area contributed by atoms with Gasteiger partial charge in [-0.15, -0.1) is 0 Å². The summed E-state index contributed by atoms with van der Waals surface area (Å²) in [6, 6.07) is 12.2. The van der Waals surface area contributed by atoms with Crippen LogP contribution in [-0.4, -0.2) is 50.0 Å². The zero-order chi connectivity index (χ0) is 24.9. The van der Waals surface area contributed by atoms with Crippen LogP contribution in [0.3, 0.4) is 0 Å². The Morgan fingerprint density at radius 2 is 1.61 bits per heavy atom. The Balaban J connectivity index is 2.42. The highest BCUT2D eigenvalue weighted by molar-refractivity contribution is 7.92. The molecule has 2 aromatic rings. The number of sulfonamides is 1. The fourth-order valence-electron chi connectivity index (χ4n) is 3.67. The van der Waals surface area contributed by atoms with E-state index in [0.29, 0.717) is 5.69 Å². The molecule has 2 amide bonds. The van der Waals surface area contributed by atoms with Gasteiger partial charge in [-0.3, -0.25) is 13.9 Å².